The van der Waals surface area contributed by atoms with Crippen LogP contribution in [0.3, 0.4) is 0 Å². The highest BCUT2D eigenvalue weighted by atomic mass is 19.1. The number of nitrogens with zero attached hydrogens (tertiary/aromatic N) is 2. The number of nitrogens with one attached hydrogen (secondary N) is 2. The number of benzene rings is 1. The normalized spacial score (nSPS) is 10.0. The van der Waals surface area contributed by atoms with E-state index in [9.17, 15) is 4.39 Å². The Bertz CT molecular complexity index is 586. The summed E-state index contributed by atoms with van der Waals surface area (Å²) in [7, 11) is 3.06. The first-order chi connectivity index (χ1) is 9.66. The predicted molar refractivity (Wildman–Crippen MR) is 72.6 cm³/mol. The van der Waals surface area contributed by atoms with Crippen LogP contribution in [0.25, 0.3) is 0 Å². The molecular weight excluding hydrogens is 265 g/mol. The number of nitrogen functional groups attached to an aromatic ring is 1. The SMILES string of the molecule is COc1cc(Nc2nc(NN)ncc2F)cc(OC)c1. The van der Waals surface area contributed by atoms with Gasteiger partial charge in [0.2, 0.25) is 5.95 Å². The second-order valence-corrected chi connectivity index (χ2v) is 3.76. The smallest absolute Gasteiger partial charge is 0.239 e. The van der Waals surface area contributed by atoms with Crippen molar-refractivity contribution in [2.45, 2.75) is 0 Å². The molecule has 0 spiro atoms. The Morgan fingerprint density at radius 2 is 1.80 bits per heavy atom. The third-order valence-electron chi connectivity index (χ3n) is 2.49. The first kappa shape index (κ1) is 13.8. The molecule has 20 heavy (non-hydrogen) atoms. The number of nitrogens with two attached hydrogens (primary N) is 1. The Hall–Kier alpha value is -2.61. The van der Waals surface area contributed by atoms with E-state index in [0.717, 1.165) is 6.20 Å². The summed E-state index contributed by atoms with van der Waals surface area (Å²) >= 11 is 0. The molecule has 2 aromatic rings. The average molecular weight is 279 g/mol. The highest BCUT2D eigenvalue weighted by Crippen LogP contribution is 2.28. The minimum absolute atomic E-state index is 0.0109. The van der Waals surface area contributed by atoms with E-state index < -0.39 is 5.82 Å². The van der Waals surface area contributed by atoms with Crippen LogP contribution in [0.1, 0.15) is 0 Å². The fourth-order valence-electron chi connectivity index (χ4n) is 1.54. The highest BCUT2D eigenvalue weighted by molar-refractivity contribution is 5.62. The van der Waals surface area contributed by atoms with Crippen LogP contribution in [0.5, 0.6) is 11.5 Å². The molecule has 1 aromatic heterocycles. The molecule has 0 aliphatic heterocycles. The average Bonchev–Trinajstić information content (AvgIpc) is 2.49. The number of ether oxygens (including phenoxy) is 2. The van der Waals surface area contributed by atoms with Crippen LogP contribution < -0.4 is 26.1 Å². The number of halogens is 1. The van der Waals surface area contributed by atoms with E-state index in [1.54, 1.807) is 18.2 Å². The van der Waals surface area contributed by atoms with Gasteiger partial charge in [-0.15, -0.1) is 0 Å². The lowest BCUT2D eigenvalue weighted by molar-refractivity contribution is 0.395. The maximum Gasteiger partial charge on any atom is 0.239 e. The van der Waals surface area contributed by atoms with Crippen LogP contribution in [0.4, 0.5) is 21.8 Å². The summed E-state index contributed by atoms with van der Waals surface area (Å²) in [4.78, 5) is 7.54. The molecule has 0 radical (unpaired) electrons. The summed E-state index contributed by atoms with van der Waals surface area (Å²) in [6.45, 7) is 0. The summed E-state index contributed by atoms with van der Waals surface area (Å²) in [5.41, 5.74) is 2.80. The van der Waals surface area contributed by atoms with Gasteiger partial charge in [-0.2, -0.15) is 4.98 Å². The molecule has 106 valence electrons. The standard InChI is InChI=1S/C12H14FN5O2/c1-19-8-3-7(4-9(5-8)20-2)16-11-10(13)6-15-12(17-11)18-14/h3-6H,14H2,1-2H3,(H2,15,16,17,18). The molecule has 1 heterocycles. The van der Waals surface area contributed by atoms with E-state index in [1.807, 2.05) is 0 Å². The molecule has 1 aromatic carbocycles. The van der Waals surface area contributed by atoms with Gasteiger partial charge in [-0.3, -0.25) is 5.43 Å². The lowest BCUT2D eigenvalue weighted by atomic mass is 10.2. The van der Waals surface area contributed by atoms with Crippen molar-refractivity contribution in [3.8, 4) is 11.5 Å². The summed E-state index contributed by atoms with van der Waals surface area (Å²) in [5.74, 6) is 5.81. The molecule has 0 unspecified atom stereocenters. The minimum Gasteiger partial charge on any atom is -0.497 e. The number of hydrazine groups is 1. The molecule has 7 nitrogen and oxygen atoms in total. The van der Waals surface area contributed by atoms with Gasteiger partial charge in [0.05, 0.1) is 20.4 Å². The predicted octanol–water partition coefficient (Wildman–Crippen LogP) is 1.66. The molecule has 0 aliphatic rings. The number of aromatic nitrogens is 2. The van der Waals surface area contributed by atoms with Crippen LogP contribution in [0.15, 0.2) is 24.4 Å². The summed E-state index contributed by atoms with van der Waals surface area (Å²) in [5, 5.41) is 2.81. The van der Waals surface area contributed by atoms with Crippen molar-refractivity contribution in [3.05, 3.63) is 30.2 Å². The zero-order valence-corrected chi connectivity index (χ0v) is 11.0. The van der Waals surface area contributed by atoms with Crippen molar-refractivity contribution in [3.63, 3.8) is 0 Å². The first-order valence-electron chi connectivity index (χ1n) is 5.65. The Balaban J connectivity index is 2.33. The largest absolute Gasteiger partial charge is 0.497 e. The van der Waals surface area contributed by atoms with Gasteiger partial charge in [-0.25, -0.2) is 15.2 Å². The van der Waals surface area contributed by atoms with E-state index in [4.69, 9.17) is 15.3 Å². The Kier molecular flexibility index (Phi) is 4.16. The minimum atomic E-state index is -0.606. The van der Waals surface area contributed by atoms with Crippen molar-refractivity contribution < 1.29 is 13.9 Å². The molecule has 2 rings (SSSR count). The van der Waals surface area contributed by atoms with Crippen LogP contribution in [-0.4, -0.2) is 24.2 Å². The second-order valence-electron chi connectivity index (χ2n) is 3.76. The number of methoxy groups -OCH3 is 2. The van der Waals surface area contributed by atoms with Crippen molar-refractivity contribution >= 4 is 17.5 Å². The van der Waals surface area contributed by atoms with Gasteiger partial charge in [-0.05, 0) is 0 Å². The van der Waals surface area contributed by atoms with Gasteiger partial charge in [0.15, 0.2) is 11.6 Å². The number of hydrogen-bond donors (Lipinski definition) is 3. The fourth-order valence-corrected chi connectivity index (χ4v) is 1.54. The fraction of sp³-hybridized carbons (Fsp3) is 0.167. The first-order valence-corrected chi connectivity index (χ1v) is 5.65. The monoisotopic (exact) mass is 279 g/mol. The van der Waals surface area contributed by atoms with Gasteiger partial charge in [0.1, 0.15) is 11.5 Å². The Morgan fingerprint density at radius 1 is 1.15 bits per heavy atom. The van der Waals surface area contributed by atoms with Gasteiger partial charge in [0.25, 0.3) is 0 Å². The topological polar surface area (TPSA) is 94.3 Å². The molecule has 0 atom stereocenters. The van der Waals surface area contributed by atoms with Gasteiger partial charge in [-0.1, -0.05) is 0 Å². The van der Waals surface area contributed by atoms with E-state index in [0.29, 0.717) is 17.2 Å². The molecule has 0 saturated carbocycles. The van der Waals surface area contributed by atoms with Crippen molar-refractivity contribution in [1.29, 1.82) is 0 Å². The second kappa shape index (κ2) is 6.02. The molecule has 0 amide bonds. The molecular formula is C12H14FN5O2. The van der Waals surface area contributed by atoms with E-state index in [-0.39, 0.29) is 11.8 Å². The Morgan fingerprint density at radius 3 is 2.35 bits per heavy atom. The molecule has 0 saturated heterocycles. The molecule has 8 heteroatoms. The lowest BCUT2D eigenvalue weighted by Crippen LogP contribution is -2.12. The van der Waals surface area contributed by atoms with Crippen molar-refractivity contribution in [2.24, 2.45) is 5.84 Å². The van der Waals surface area contributed by atoms with E-state index in [2.05, 4.69) is 20.7 Å². The number of anilines is 3. The number of hydrogen-bond acceptors (Lipinski definition) is 7. The summed E-state index contributed by atoms with van der Waals surface area (Å²) < 4.78 is 23.9. The van der Waals surface area contributed by atoms with Crippen LogP contribution in [0, 0.1) is 5.82 Å². The molecule has 0 bridgehead atoms. The highest BCUT2D eigenvalue weighted by Gasteiger charge is 2.08. The Labute approximate surface area is 114 Å². The van der Waals surface area contributed by atoms with Crippen LogP contribution >= 0.6 is 0 Å². The molecule has 4 N–H and O–H groups in total. The summed E-state index contributed by atoms with van der Waals surface area (Å²) in [6.07, 6.45) is 1.02. The van der Waals surface area contributed by atoms with Crippen LogP contribution in [0.2, 0.25) is 0 Å². The maximum atomic E-state index is 13.6. The maximum absolute atomic E-state index is 13.6. The molecule has 0 fully saturated rings. The van der Waals surface area contributed by atoms with Gasteiger partial charge >= 0.3 is 0 Å². The summed E-state index contributed by atoms with van der Waals surface area (Å²) in [6, 6.07) is 5.06. The van der Waals surface area contributed by atoms with Crippen molar-refractivity contribution in [2.75, 3.05) is 25.0 Å². The zero-order chi connectivity index (χ0) is 14.5. The molecule has 0 aliphatic carbocycles. The zero-order valence-electron chi connectivity index (χ0n) is 11.0. The number of rotatable bonds is 5. The van der Waals surface area contributed by atoms with Gasteiger partial charge < -0.3 is 14.8 Å². The third kappa shape index (κ3) is 3.04. The van der Waals surface area contributed by atoms with E-state index >= 15 is 0 Å². The third-order valence-corrected chi connectivity index (χ3v) is 2.49. The quantitative estimate of drug-likeness (QED) is 0.566. The van der Waals surface area contributed by atoms with E-state index in [1.165, 1.54) is 14.2 Å². The lowest BCUT2D eigenvalue weighted by Gasteiger charge is -2.11. The van der Waals surface area contributed by atoms with Gasteiger partial charge in [0, 0.05) is 23.9 Å². The van der Waals surface area contributed by atoms with Crippen LogP contribution in [-0.2, 0) is 0 Å². The van der Waals surface area contributed by atoms with Crippen molar-refractivity contribution in [1.82, 2.24) is 9.97 Å².